The van der Waals surface area contributed by atoms with Crippen LogP contribution in [-0.2, 0) is 9.47 Å². The first-order chi connectivity index (χ1) is 13.3. The average molecular weight is 377 g/mol. The van der Waals surface area contributed by atoms with Crippen LogP contribution in [0.3, 0.4) is 0 Å². The van der Waals surface area contributed by atoms with Gasteiger partial charge in [-0.05, 0) is 38.8 Å². The van der Waals surface area contributed by atoms with Gasteiger partial charge in [-0.2, -0.15) is 0 Å². The number of morpholine rings is 1. The minimum atomic E-state index is 0.127. The lowest BCUT2D eigenvalue weighted by atomic mass is 10.1. The van der Waals surface area contributed by atoms with Gasteiger partial charge in [0, 0.05) is 39.3 Å². The van der Waals surface area contributed by atoms with Crippen molar-refractivity contribution in [2.45, 2.75) is 32.8 Å². The van der Waals surface area contributed by atoms with Gasteiger partial charge >= 0.3 is 0 Å². The highest BCUT2D eigenvalue weighted by Crippen LogP contribution is 2.15. The Bertz CT molecular complexity index is 518. The number of rotatable bonds is 11. The van der Waals surface area contributed by atoms with E-state index in [4.69, 9.17) is 9.47 Å². The van der Waals surface area contributed by atoms with Crippen molar-refractivity contribution in [2.24, 2.45) is 4.99 Å². The highest BCUT2D eigenvalue weighted by molar-refractivity contribution is 5.79. The summed E-state index contributed by atoms with van der Waals surface area (Å²) in [7, 11) is 0. The monoisotopic (exact) mass is 376 g/mol. The summed E-state index contributed by atoms with van der Waals surface area (Å²) in [5.41, 5.74) is 1.22. The second-order valence-corrected chi connectivity index (χ2v) is 6.77. The molecule has 6 heteroatoms. The number of nitrogens with one attached hydrogen (secondary N) is 2. The summed E-state index contributed by atoms with van der Waals surface area (Å²) in [6.07, 6.45) is 2.16. The first kappa shape index (κ1) is 21.7. The Morgan fingerprint density at radius 1 is 1.19 bits per heavy atom. The zero-order valence-corrected chi connectivity index (χ0v) is 17.0. The van der Waals surface area contributed by atoms with Crippen LogP contribution in [0.2, 0.25) is 0 Å². The van der Waals surface area contributed by atoms with E-state index in [1.165, 1.54) is 5.56 Å². The third-order valence-corrected chi connectivity index (χ3v) is 4.60. The van der Waals surface area contributed by atoms with Crippen molar-refractivity contribution in [3.63, 3.8) is 0 Å². The van der Waals surface area contributed by atoms with E-state index in [9.17, 15) is 0 Å². The van der Waals surface area contributed by atoms with Crippen LogP contribution >= 0.6 is 0 Å². The van der Waals surface area contributed by atoms with Crippen LogP contribution in [0.15, 0.2) is 35.3 Å². The first-order valence-corrected chi connectivity index (χ1v) is 10.3. The minimum Gasteiger partial charge on any atom is -0.379 e. The minimum absolute atomic E-state index is 0.127. The van der Waals surface area contributed by atoms with Gasteiger partial charge in [-0.15, -0.1) is 0 Å². The van der Waals surface area contributed by atoms with Crippen LogP contribution in [0, 0.1) is 0 Å². The summed E-state index contributed by atoms with van der Waals surface area (Å²) < 4.78 is 11.3. The molecule has 2 rings (SSSR count). The Morgan fingerprint density at radius 2 is 1.96 bits per heavy atom. The smallest absolute Gasteiger partial charge is 0.191 e. The molecule has 1 saturated heterocycles. The van der Waals surface area contributed by atoms with Gasteiger partial charge in [-0.3, -0.25) is 9.89 Å². The van der Waals surface area contributed by atoms with Crippen molar-refractivity contribution in [1.82, 2.24) is 15.5 Å². The lowest BCUT2D eigenvalue weighted by Gasteiger charge is -2.26. The average Bonchev–Trinajstić information content (AvgIpc) is 2.72. The summed E-state index contributed by atoms with van der Waals surface area (Å²) in [4.78, 5) is 7.11. The fourth-order valence-corrected chi connectivity index (χ4v) is 3.01. The maximum atomic E-state index is 5.91. The van der Waals surface area contributed by atoms with Crippen molar-refractivity contribution in [1.29, 1.82) is 0 Å². The molecule has 1 unspecified atom stereocenters. The number of nitrogens with zero attached hydrogens (tertiary/aromatic N) is 2. The second kappa shape index (κ2) is 13.5. The lowest BCUT2D eigenvalue weighted by molar-refractivity contribution is 0.0376. The van der Waals surface area contributed by atoms with Gasteiger partial charge in [0.1, 0.15) is 0 Å². The molecule has 6 nitrogen and oxygen atoms in total. The van der Waals surface area contributed by atoms with E-state index in [0.29, 0.717) is 0 Å². The van der Waals surface area contributed by atoms with Gasteiger partial charge in [-0.25, -0.2) is 0 Å². The SMILES string of the molecule is CCNC(=NCCCOC(C)c1ccccc1)NCCCN1CCOCC1. The Hall–Kier alpha value is -1.63. The number of benzene rings is 1. The summed E-state index contributed by atoms with van der Waals surface area (Å²) in [5.74, 6) is 0.899. The Labute approximate surface area is 164 Å². The van der Waals surface area contributed by atoms with Gasteiger partial charge in [0.2, 0.25) is 0 Å². The highest BCUT2D eigenvalue weighted by Gasteiger charge is 2.09. The van der Waals surface area contributed by atoms with Crippen molar-refractivity contribution < 1.29 is 9.47 Å². The Kier molecular flexibility index (Phi) is 10.9. The molecular formula is C21H36N4O2. The molecule has 0 amide bonds. The van der Waals surface area contributed by atoms with Gasteiger partial charge in [0.15, 0.2) is 5.96 Å². The molecule has 0 spiro atoms. The highest BCUT2D eigenvalue weighted by atomic mass is 16.5. The van der Waals surface area contributed by atoms with Crippen LogP contribution in [-0.4, -0.2) is 69.9 Å². The van der Waals surface area contributed by atoms with E-state index < -0.39 is 0 Å². The van der Waals surface area contributed by atoms with E-state index in [0.717, 1.165) is 77.9 Å². The molecule has 1 atom stereocenters. The predicted molar refractivity (Wildman–Crippen MR) is 111 cm³/mol. The van der Waals surface area contributed by atoms with E-state index in [1.54, 1.807) is 0 Å². The largest absolute Gasteiger partial charge is 0.379 e. The molecule has 1 heterocycles. The topological polar surface area (TPSA) is 58.1 Å². The quantitative estimate of drug-likeness (QED) is 0.353. The van der Waals surface area contributed by atoms with Gasteiger partial charge in [-0.1, -0.05) is 30.3 Å². The van der Waals surface area contributed by atoms with Crippen LogP contribution in [0.25, 0.3) is 0 Å². The van der Waals surface area contributed by atoms with E-state index in [1.807, 2.05) is 18.2 Å². The molecule has 2 N–H and O–H groups in total. The number of hydrogen-bond acceptors (Lipinski definition) is 4. The summed E-state index contributed by atoms with van der Waals surface area (Å²) in [5, 5.41) is 6.74. The Balaban J connectivity index is 1.58. The van der Waals surface area contributed by atoms with Gasteiger partial charge < -0.3 is 20.1 Å². The fourth-order valence-electron chi connectivity index (χ4n) is 3.01. The maximum Gasteiger partial charge on any atom is 0.191 e. The van der Waals surface area contributed by atoms with Crippen LogP contribution < -0.4 is 10.6 Å². The van der Waals surface area contributed by atoms with E-state index in [-0.39, 0.29) is 6.10 Å². The lowest BCUT2D eigenvalue weighted by Crippen LogP contribution is -2.40. The first-order valence-electron chi connectivity index (χ1n) is 10.3. The molecule has 152 valence electrons. The molecule has 1 aromatic rings. The third-order valence-electron chi connectivity index (χ3n) is 4.60. The van der Waals surface area contributed by atoms with Gasteiger partial charge in [0.05, 0.1) is 19.3 Å². The van der Waals surface area contributed by atoms with Crippen molar-refractivity contribution >= 4 is 5.96 Å². The number of ether oxygens (including phenoxy) is 2. The number of hydrogen-bond donors (Lipinski definition) is 2. The molecule has 1 fully saturated rings. The standard InChI is InChI=1S/C21H36N4O2/c1-3-22-21(23-11-7-13-25-14-17-26-18-15-25)24-12-8-16-27-19(2)20-9-5-4-6-10-20/h4-6,9-10,19H,3,7-8,11-18H2,1-2H3,(H2,22,23,24). The molecule has 1 aliphatic heterocycles. The summed E-state index contributed by atoms with van der Waals surface area (Å²) >= 11 is 0. The van der Waals surface area contributed by atoms with Crippen molar-refractivity contribution in [3.05, 3.63) is 35.9 Å². The molecular weight excluding hydrogens is 340 g/mol. The van der Waals surface area contributed by atoms with E-state index >= 15 is 0 Å². The van der Waals surface area contributed by atoms with Crippen LogP contribution in [0.4, 0.5) is 0 Å². The third kappa shape index (κ3) is 9.22. The van der Waals surface area contributed by atoms with Crippen molar-refractivity contribution in [3.8, 4) is 0 Å². The molecule has 0 bridgehead atoms. The molecule has 0 radical (unpaired) electrons. The second-order valence-electron chi connectivity index (χ2n) is 6.77. The molecule has 1 aliphatic rings. The summed E-state index contributed by atoms with van der Waals surface area (Å²) in [6, 6.07) is 10.3. The zero-order valence-electron chi connectivity index (χ0n) is 17.0. The molecule has 0 aliphatic carbocycles. The summed E-state index contributed by atoms with van der Waals surface area (Å²) in [6.45, 7) is 12.4. The normalized spacial score (nSPS) is 16.9. The van der Waals surface area contributed by atoms with Crippen LogP contribution in [0.5, 0.6) is 0 Å². The van der Waals surface area contributed by atoms with E-state index in [2.05, 4.69) is 46.5 Å². The maximum absolute atomic E-state index is 5.91. The zero-order chi connectivity index (χ0) is 19.2. The predicted octanol–water partition coefficient (Wildman–Crippen LogP) is 2.43. The molecule has 27 heavy (non-hydrogen) atoms. The molecule has 0 aromatic heterocycles. The van der Waals surface area contributed by atoms with Crippen LogP contribution in [0.1, 0.15) is 38.4 Å². The number of aliphatic imine (C=N–C) groups is 1. The fraction of sp³-hybridized carbons (Fsp3) is 0.667. The van der Waals surface area contributed by atoms with Gasteiger partial charge in [0.25, 0.3) is 0 Å². The number of guanidine groups is 1. The Morgan fingerprint density at radius 3 is 2.70 bits per heavy atom. The molecule has 1 aromatic carbocycles. The molecule has 0 saturated carbocycles. The van der Waals surface area contributed by atoms with Crippen molar-refractivity contribution in [2.75, 3.05) is 59.1 Å².